The molecule has 2 N–H and O–H groups in total. The number of halogens is 1. The van der Waals surface area contributed by atoms with E-state index >= 15 is 0 Å². The zero-order chi connectivity index (χ0) is 32.6. The van der Waals surface area contributed by atoms with Crippen LogP contribution in [0.4, 0.5) is 4.39 Å². The lowest BCUT2D eigenvalue weighted by Crippen LogP contribution is -2.48. The SMILES string of the molecule is COCCO[C@H](C)COC(=O)c1cc2cc(CC(=O)[C@@H]3[C@H](C4CCCCC4)CCN3C(=O)C3CCC([C@H](N)CF)CC3)ccc2o1. The molecule has 9 nitrogen and oxygen atoms in total. The number of nitrogens with two attached hydrogens (primary N) is 1. The molecule has 2 aromatic rings. The lowest BCUT2D eigenvalue weighted by Gasteiger charge is -2.37. The molecule has 1 aliphatic heterocycles. The molecule has 46 heavy (non-hydrogen) atoms. The molecule has 254 valence electrons. The number of hydrogen-bond donors (Lipinski definition) is 1. The van der Waals surface area contributed by atoms with Gasteiger partial charge >= 0.3 is 5.97 Å². The smallest absolute Gasteiger partial charge is 0.374 e. The zero-order valence-electron chi connectivity index (χ0n) is 27.4. The highest BCUT2D eigenvalue weighted by Crippen LogP contribution is 2.41. The van der Waals surface area contributed by atoms with Crippen LogP contribution in [0.3, 0.4) is 0 Å². The summed E-state index contributed by atoms with van der Waals surface area (Å²) in [5.74, 6) is 0.273. The standard InChI is InChI=1S/C36H51FN2O7/c1-23(44-17-16-43-2)22-45-36(42)33-20-28-18-24(8-13-32(28)46-33)19-31(40)34-29(25-6-4-3-5-7-25)14-15-39(34)35(41)27-11-9-26(10-12-27)30(38)21-37/h8,13,18,20,23,25-27,29-30,34H,3-7,9-12,14-17,19,21-22,38H2,1-2H3/t23-,26?,27?,29+,30-,34+/m1/s1. The van der Waals surface area contributed by atoms with E-state index in [-0.39, 0.29) is 54.3 Å². The van der Waals surface area contributed by atoms with E-state index in [2.05, 4.69) is 0 Å². The number of carbonyl (C=O) groups excluding carboxylic acids is 3. The predicted molar refractivity (Wildman–Crippen MR) is 172 cm³/mol. The number of nitrogens with zero attached hydrogens (tertiary/aromatic N) is 1. The number of furan rings is 1. The first-order chi connectivity index (χ1) is 22.3. The van der Waals surface area contributed by atoms with Crippen LogP contribution >= 0.6 is 0 Å². The molecule has 10 heteroatoms. The van der Waals surface area contributed by atoms with Crippen LogP contribution in [0.1, 0.15) is 87.3 Å². The average Bonchev–Trinajstić information content (AvgIpc) is 3.72. The van der Waals surface area contributed by atoms with Crippen molar-refractivity contribution in [2.24, 2.45) is 29.4 Å². The maximum atomic E-state index is 14.2. The summed E-state index contributed by atoms with van der Waals surface area (Å²) in [6.45, 7) is 2.86. The number of Topliss-reactive ketones (excluding diaryl/α,β-unsaturated/α-hetero) is 1. The highest BCUT2D eigenvalue weighted by atomic mass is 19.1. The van der Waals surface area contributed by atoms with Crippen LogP contribution in [-0.4, -0.2) is 80.9 Å². The highest BCUT2D eigenvalue weighted by molar-refractivity contribution is 5.94. The van der Waals surface area contributed by atoms with Crippen LogP contribution in [0.5, 0.6) is 0 Å². The highest BCUT2D eigenvalue weighted by Gasteiger charge is 2.46. The summed E-state index contributed by atoms with van der Waals surface area (Å²) >= 11 is 0. The number of carbonyl (C=O) groups is 3. The number of esters is 1. The Balaban J connectivity index is 1.26. The van der Waals surface area contributed by atoms with Gasteiger partial charge in [0.05, 0.1) is 25.4 Å². The van der Waals surface area contributed by atoms with Crippen molar-refractivity contribution >= 4 is 28.6 Å². The summed E-state index contributed by atoms with van der Waals surface area (Å²) in [5.41, 5.74) is 7.32. The van der Waals surface area contributed by atoms with Gasteiger partial charge in [0.15, 0.2) is 5.78 Å². The molecule has 0 radical (unpaired) electrons. The first-order valence-electron chi connectivity index (χ1n) is 17.2. The first-order valence-corrected chi connectivity index (χ1v) is 17.2. The minimum Gasteiger partial charge on any atom is -0.457 e. The van der Waals surface area contributed by atoms with Gasteiger partial charge in [-0.05, 0) is 80.5 Å². The lowest BCUT2D eigenvalue weighted by atomic mass is 9.75. The largest absolute Gasteiger partial charge is 0.457 e. The van der Waals surface area contributed by atoms with Crippen LogP contribution in [-0.2, 0) is 30.2 Å². The summed E-state index contributed by atoms with van der Waals surface area (Å²) in [5, 5.41) is 0.716. The van der Waals surface area contributed by atoms with Gasteiger partial charge in [0, 0.05) is 37.4 Å². The Bertz CT molecular complexity index is 1320. The van der Waals surface area contributed by atoms with Crippen molar-refractivity contribution < 1.29 is 37.4 Å². The molecule has 4 atom stereocenters. The fraction of sp³-hybridized carbons (Fsp3) is 0.694. The van der Waals surface area contributed by atoms with Crippen molar-refractivity contribution in [2.45, 2.75) is 95.7 Å². The number of benzene rings is 1. The normalized spacial score (nSPS) is 25.4. The molecule has 1 saturated heterocycles. The topological polar surface area (TPSA) is 121 Å². The van der Waals surface area contributed by atoms with Crippen LogP contribution in [0, 0.1) is 23.7 Å². The van der Waals surface area contributed by atoms with Gasteiger partial charge in [0.25, 0.3) is 0 Å². The molecule has 3 aliphatic rings. The monoisotopic (exact) mass is 642 g/mol. The van der Waals surface area contributed by atoms with Gasteiger partial charge in [-0.1, -0.05) is 38.2 Å². The minimum absolute atomic E-state index is 0.0690. The summed E-state index contributed by atoms with van der Waals surface area (Å²) in [6.07, 6.45) is 9.49. The second-order valence-corrected chi connectivity index (χ2v) is 13.7. The van der Waals surface area contributed by atoms with Gasteiger partial charge in [0.2, 0.25) is 11.7 Å². The Kier molecular flexibility index (Phi) is 12.3. The van der Waals surface area contributed by atoms with E-state index in [0.29, 0.717) is 49.5 Å². The maximum absolute atomic E-state index is 14.2. The molecule has 2 heterocycles. The molecule has 1 aromatic heterocycles. The van der Waals surface area contributed by atoms with E-state index in [0.717, 1.165) is 37.7 Å². The molecular weight excluding hydrogens is 591 g/mol. The number of rotatable bonds is 14. The number of alkyl halides is 1. The molecule has 2 saturated carbocycles. The van der Waals surface area contributed by atoms with Crippen LogP contribution in [0.15, 0.2) is 28.7 Å². The van der Waals surface area contributed by atoms with Crippen molar-refractivity contribution in [3.05, 3.63) is 35.6 Å². The van der Waals surface area contributed by atoms with Crippen LogP contribution in [0.25, 0.3) is 11.0 Å². The van der Waals surface area contributed by atoms with E-state index < -0.39 is 24.7 Å². The molecule has 1 aromatic carbocycles. The average molecular weight is 643 g/mol. The Morgan fingerprint density at radius 3 is 2.50 bits per heavy atom. The van der Waals surface area contributed by atoms with Gasteiger partial charge in [-0.25, -0.2) is 9.18 Å². The molecule has 3 fully saturated rings. The maximum Gasteiger partial charge on any atom is 0.374 e. The van der Waals surface area contributed by atoms with Gasteiger partial charge in [-0.3, -0.25) is 9.59 Å². The summed E-state index contributed by atoms with van der Waals surface area (Å²) in [4.78, 5) is 42.7. The van der Waals surface area contributed by atoms with E-state index in [1.165, 1.54) is 19.3 Å². The van der Waals surface area contributed by atoms with E-state index in [4.69, 9.17) is 24.4 Å². The van der Waals surface area contributed by atoms with E-state index in [9.17, 15) is 18.8 Å². The third kappa shape index (κ3) is 8.36. The fourth-order valence-electron chi connectivity index (χ4n) is 7.94. The summed E-state index contributed by atoms with van der Waals surface area (Å²) in [6, 6.07) is 6.27. The molecule has 5 rings (SSSR count). The Morgan fingerprint density at radius 2 is 1.78 bits per heavy atom. The van der Waals surface area contributed by atoms with Gasteiger partial charge in [-0.15, -0.1) is 0 Å². The fourth-order valence-corrected chi connectivity index (χ4v) is 7.94. The zero-order valence-corrected chi connectivity index (χ0v) is 27.4. The lowest BCUT2D eigenvalue weighted by molar-refractivity contribution is -0.143. The summed E-state index contributed by atoms with van der Waals surface area (Å²) < 4.78 is 34.8. The quantitative estimate of drug-likeness (QED) is 0.207. The van der Waals surface area contributed by atoms with Crippen molar-refractivity contribution in [1.82, 2.24) is 4.90 Å². The number of ketones is 1. The molecule has 0 bridgehead atoms. The third-order valence-corrected chi connectivity index (χ3v) is 10.5. The van der Waals surface area contributed by atoms with Crippen LogP contribution < -0.4 is 5.73 Å². The van der Waals surface area contributed by atoms with Crippen molar-refractivity contribution in [3.8, 4) is 0 Å². The van der Waals surface area contributed by atoms with Gasteiger partial charge in [0.1, 0.15) is 18.9 Å². The Morgan fingerprint density at radius 1 is 1.02 bits per heavy atom. The third-order valence-electron chi connectivity index (χ3n) is 10.5. The van der Waals surface area contributed by atoms with Crippen molar-refractivity contribution in [2.75, 3.05) is 40.1 Å². The second-order valence-electron chi connectivity index (χ2n) is 13.7. The molecule has 1 amide bonds. The molecule has 0 spiro atoms. The summed E-state index contributed by atoms with van der Waals surface area (Å²) in [7, 11) is 1.60. The predicted octanol–water partition coefficient (Wildman–Crippen LogP) is 5.65. The number of hydrogen-bond acceptors (Lipinski definition) is 8. The number of fused-ring (bicyclic) bond motifs is 1. The van der Waals surface area contributed by atoms with E-state index in [1.54, 1.807) is 19.2 Å². The van der Waals surface area contributed by atoms with Gasteiger partial charge < -0.3 is 29.3 Å². The van der Waals surface area contributed by atoms with Crippen LogP contribution in [0.2, 0.25) is 0 Å². The molecular formula is C36H51FN2O7. The number of likely N-dealkylation sites (tertiary alicyclic amines) is 1. The first kappa shape index (κ1) is 34.5. The molecule has 0 unspecified atom stereocenters. The van der Waals surface area contributed by atoms with E-state index in [1.807, 2.05) is 24.0 Å². The number of ether oxygens (including phenoxy) is 3. The van der Waals surface area contributed by atoms with Gasteiger partial charge in [-0.2, -0.15) is 0 Å². The Labute approximate surface area is 271 Å². The Hall–Kier alpha value is -2.82. The van der Waals surface area contributed by atoms with Crippen molar-refractivity contribution in [1.29, 1.82) is 0 Å². The number of methoxy groups -OCH3 is 1. The number of amides is 1. The van der Waals surface area contributed by atoms with Crippen molar-refractivity contribution in [3.63, 3.8) is 0 Å². The minimum atomic E-state index is -0.577. The second kappa shape index (κ2) is 16.3. The molecule has 2 aliphatic carbocycles.